The summed E-state index contributed by atoms with van der Waals surface area (Å²) in [5.74, 6) is 0. The second-order valence-corrected chi connectivity index (χ2v) is 2.98. The number of benzene rings is 1. The van der Waals surface area contributed by atoms with E-state index >= 15 is 0 Å². The van der Waals surface area contributed by atoms with Gasteiger partial charge in [0.1, 0.15) is 0 Å². The molecule has 2 rings (SSSR count). The van der Waals surface area contributed by atoms with Crippen LogP contribution in [0.3, 0.4) is 0 Å². The number of hydrogen-bond donors (Lipinski definition) is 1. The third-order valence-electron chi connectivity index (χ3n) is 2.08. The van der Waals surface area contributed by atoms with Gasteiger partial charge < -0.3 is 5.11 Å². The Morgan fingerprint density at radius 1 is 1.50 bits per heavy atom. The fourth-order valence-electron chi connectivity index (χ4n) is 1.43. The van der Waals surface area contributed by atoms with Crippen LogP contribution in [0.4, 0.5) is 0 Å². The van der Waals surface area contributed by atoms with Crippen LogP contribution >= 0.6 is 0 Å². The highest BCUT2D eigenvalue weighted by molar-refractivity contribution is 5.80. The van der Waals surface area contributed by atoms with Gasteiger partial charge in [0.2, 0.25) is 0 Å². The summed E-state index contributed by atoms with van der Waals surface area (Å²) in [5.41, 5.74) is 1.57. The molecule has 0 saturated carbocycles. The molecule has 1 aromatic carbocycles. The molecule has 4 nitrogen and oxygen atoms in total. The van der Waals surface area contributed by atoms with E-state index < -0.39 is 0 Å². The zero-order valence-electron chi connectivity index (χ0n) is 7.51. The van der Waals surface area contributed by atoms with Gasteiger partial charge in [-0.05, 0) is 18.2 Å². The summed E-state index contributed by atoms with van der Waals surface area (Å²) in [6.45, 7) is 0.548. The Hall–Kier alpha value is -1.86. The van der Waals surface area contributed by atoms with Crippen LogP contribution in [0.15, 0.2) is 24.4 Å². The van der Waals surface area contributed by atoms with E-state index in [0.717, 1.165) is 10.9 Å². The van der Waals surface area contributed by atoms with E-state index in [-0.39, 0.29) is 6.61 Å². The lowest BCUT2D eigenvalue weighted by molar-refractivity contribution is 0.271. The summed E-state index contributed by atoms with van der Waals surface area (Å²) in [4.78, 5) is 0. The molecule has 1 aromatic heterocycles. The number of rotatable bonds is 2. The summed E-state index contributed by atoms with van der Waals surface area (Å²) >= 11 is 0. The molecule has 2 aromatic rings. The molecular formula is C10H9N3O. The Kier molecular flexibility index (Phi) is 2.17. The second kappa shape index (κ2) is 3.48. The van der Waals surface area contributed by atoms with Crippen LogP contribution in [0.5, 0.6) is 0 Å². The maximum atomic E-state index is 8.79. The molecule has 70 valence electrons. The molecule has 0 aliphatic heterocycles. The second-order valence-electron chi connectivity index (χ2n) is 2.98. The number of fused-ring (bicyclic) bond motifs is 1. The number of nitrogens with zero attached hydrogens (tertiary/aromatic N) is 3. The number of aliphatic hydroxyl groups is 1. The maximum Gasteiger partial charge on any atom is 0.0991 e. The molecule has 0 atom stereocenters. The van der Waals surface area contributed by atoms with Crippen LogP contribution in [0.1, 0.15) is 5.56 Å². The molecule has 1 heterocycles. The van der Waals surface area contributed by atoms with Crippen LogP contribution < -0.4 is 0 Å². The molecule has 0 aliphatic carbocycles. The average Bonchev–Trinajstić information content (AvgIpc) is 2.61. The maximum absolute atomic E-state index is 8.79. The van der Waals surface area contributed by atoms with Gasteiger partial charge in [-0.1, -0.05) is 0 Å². The van der Waals surface area contributed by atoms with Crippen LogP contribution in [-0.2, 0) is 6.54 Å². The quantitative estimate of drug-likeness (QED) is 0.759. The van der Waals surface area contributed by atoms with Crippen molar-refractivity contribution in [2.45, 2.75) is 6.54 Å². The minimum atomic E-state index is 0.0663. The van der Waals surface area contributed by atoms with Crippen LogP contribution in [-0.4, -0.2) is 21.5 Å². The van der Waals surface area contributed by atoms with Gasteiger partial charge in [-0.15, -0.1) is 0 Å². The molecule has 0 bridgehead atoms. The van der Waals surface area contributed by atoms with Crippen molar-refractivity contribution >= 4 is 10.9 Å². The van der Waals surface area contributed by atoms with Crippen molar-refractivity contribution in [3.63, 3.8) is 0 Å². The van der Waals surface area contributed by atoms with E-state index in [0.29, 0.717) is 12.1 Å². The Bertz CT molecular complexity index is 496. The van der Waals surface area contributed by atoms with Crippen molar-refractivity contribution in [3.05, 3.63) is 30.0 Å². The van der Waals surface area contributed by atoms with E-state index in [1.54, 1.807) is 23.0 Å². The van der Waals surface area contributed by atoms with Crippen molar-refractivity contribution in [1.29, 1.82) is 5.26 Å². The largest absolute Gasteiger partial charge is 0.394 e. The fraction of sp³-hybridized carbons (Fsp3) is 0.200. The van der Waals surface area contributed by atoms with Gasteiger partial charge >= 0.3 is 0 Å². The minimum Gasteiger partial charge on any atom is -0.394 e. The zero-order chi connectivity index (χ0) is 9.97. The highest BCUT2D eigenvalue weighted by Crippen LogP contribution is 2.14. The molecular weight excluding hydrogens is 178 g/mol. The SMILES string of the molecule is N#Cc1ccc2c(cnn2CCO)c1. The third kappa shape index (κ3) is 1.34. The first kappa shape index (κ1) is 8.73. The molecule has 0 amide bonds. The zero-order valence-corrected chi connectivity index (χ0v) is 7.51. The Balaban J connectivity index is 2.55. The number of aromatic nitrogens is 2. The minimum absolute atomic E-state index is 0.0663. The normalized spacial score (nSPS) is 10.3. The first-order valence-corrected chi connectivity index (χ1v) is 4.31. The van der Waals surface area contributed by atoms with E-state index in [1.165, 1.54) is 0 Å². The highest BCUT2D eigenvalue weighted by Gasteiger charge is 2.02. The summed E-state index contributed by atoms with van der Waals surface area (Å²) in [7, 11) is 0. The molecule has 0 fully saturated rings. The first-order valence-electron chi connectivity index (χ1n) is 4.31. The Labute approximate surface area is 81.0 Å². The summed E-state index contributed by atoms with van der Waals surface area (Å²) in [6, 6.07) is 7.45. The molecule has 1 N–H and O–H groups in total. The third-order valence-corrected chi connectivity index (χ3v) is 2.08. The Morgan fingerprint density at radius 2 is 2.36 bits per heavy atom. The van der Waals surface area contributed by atoms with Gasteiger partial charge in [-0.3, -0.25) is 4.68 Å². The van der Waals surface area contributed by atoms with Crippen molar-refractivity contribution < 1.29 is 5.11 Å². The number of hydrogen-bond acceptors (Lipinski definition) is 3. The number of aliphatic hydroxyl groups excluding tert-OH is 1. The molecule has 0 saturated heterocycles. The van der Waals surface area contributed by atoms with Gasteiger partial charge in [0.15, 0.2) is 0 Å². The smallest absolute Gasteiger partial charge is 0.0991 e. The van der Waals surface area contributed by atoms with Crippen molar-refractivity contribution in [2.24, 2.45) is 0 Å². The summed E-state index contributed by atoms with van der Waals surface area (Å²) < 4.78 is 1.72. The van der Waals surface area contributed by atoms with Crippen LogP contribution in [0.2, 0.25) is 0 Å². The van der Waals surface area contributed by atoms with E-state index in [4.69, 9.17) is 10.4 Å². The standard InChI is InChI=1S/C10H9N3O/c11-6-8-1-2-10-9(5-8)7-12-13(10)3-4-14/h1-2,5,7,14H,3-4H2. The van der Waals surface area contributed by atoms with Gasteiger partial charge in [-0.25, -0.2) is 0 Å². The predicted octanol–water partition coefficient (Wildman–Crippen LogP) is 0.900. The lowest BCUT2D eigenvalue weighted by atomic mass is 10.2. The molecule has 0 unspecified atom stereocenters. The van der Waals surface area contributed by atoms with Crippen molar-refractivity contribution in [1.82, 2.24) is 9.78 Å². The van der Waals surface area contributed by atoms with Gasteiger partial charge in [0, 0.05) is 5.39 Å². The highest BCUT2D eigenvalue weighted by atomic mass is 16.3. The average molecular weight is 187 g/mol. The fourth-order valence-corrected chi connectivity index (χ4v) is 1.43. The molecule has 0 spiro atoms. The van der Waals surface area contributed by atoms with E-state index in [2.05, 4.69) is 11.2 Å². The molecule has 4 heteroatoms. The lowest BCUT2D eigenvalue weighted by Gasteiger charge is -1.99. The summed E-state index contributed by atoms with van der Waals surface area (Å²) in [6.07, 6.45) is 1.70. The monoisotopic (exact) mass is 187 g/mol. The van der Waals surface area contributed by atoms with E-state index in [9.17, 15) is 0 Å². The van der Waals surface area contributed by atoms with Crippen molar-refractivity contribution in [3.8, 4) is 6.07 Å². The molecule has 0 aliphatic rings. The predicted molar refractivity (Wildman–Crippen MR) is 51.5 cm³/mol. The lowest BCUT2D eigenvalue weighted by Crippen LogP contribution is -2.02. The first-order chi connectivity index (χ1) is 6.85. The summed E-state index contributed by atoms with van der Waals surface area (Å²) in [5, 5.41) is 22.5. The van der Waals surface area contributed by atoms with Gasteiger partial charge in [-0.2, -0.15) is 10.4 Å². The van der Waals surface area contributed by atoms with Crippen molar-refractivity contribution in [2.75, 3.05) is 6.61 Å². The van der Waals surface area contributed by atoms with E-state index in [1.807, 2.05) is 6.07 Å². The topological polar surface area (TPSA) is 61.8 Å². The van der Waals surface area contributed by atoms with Crippen LogP contribution in [0, 0.1) is 11.3 Å². The number of nitriles is 1. The van der Waals surface area contributed by atoms with Gasteiger partial charge in [0.05, 0.1) is 36.5 Å². The van der Waals surface area contributed by atoms with Crippen LogP contribution in [0.25, 0.3) is 10.9 Å². The molecule has 14 heavy (non-hydrogen) atoms. The molecule has 0 radical (unpaired) electrons. The van der Waals surface area contributed by atoms with Gasteiger partial charge in [0.25, 0.3) is 0 Å². The Morgan fingerprint density at radius 3 is 3.07 bits per heavy atom.